The van der Waals surface area contributed by atoms with Gasteiger partial charge in [-0.15, -0.1) is 12.4 Å². The van der Waals surface area contributed by atoms with Crippen LogP contribution in [-0.2, 0) is 9.53 Å². The van der Waals surface area contributed by atoms with Crippen molar-refractivity contribution in [1.82, 2.24) is 4.90 Å². The molecule has 1 saturated heterocycles. The molecular weight excluding hydrogens is 264 g/mol. The van der Waals surface area contributed by atoms with Gasteiger partial charge in [-0.3, -0.25) is 4.79 Å². The lowest BCUT2D eigenvalue weighted by atomic mass is 9.93. The Kier molecular flexibility index (Phi) is 4.75. The Labute approximate surface area is 121 Å². The molecule has 110 valence electrons. The zero-order valence-corrected chi connectivity index (χ0v) is 12.4. The quantitative estimate of drug-likeness (QED) is 0.836. The third kappa shape index (κ3) is 2.76. The minimum Gasteiger partial charge on any atom is -0.381 e. The van der Waals surface area contributed by atoms with Crippen LogP contribution in [0.3, 0.4) is 0 Å². The number of hydrogen-bond acceptors (Lipinski definition) is 3. The number of nitrogens with two attached hydrogens (primary N) is 1. The molecule has 3 fully saturated rings. The van der Waals surface area contributed by atoms with Gasteiger partial charge in [-0.25, -0.2) is 0 Å². The monoisotopic (exact) mass is 288 g/mol. The van der Waals surface area contributed by atoms with Gasteiger partial charge in [0.25, 0.3) is 0 Å². The SMILES string of the molecule is COC1[C@@H]2CC[C@H]1CN(C(=O)[C@H]1CC[C@@H](N)C1)C2.Cl. The van der Waals surface area contributed by atoms with Crippen LogP contribution < -0.4 is 5.73 Å². The Morgan fingerprint density at radius 2 is 1.79 bits per heavy atom. The summed E-state index contributed by atoms with van der Waals surface area (Å²) in [5.41, 5.74) is 5.91. The molecule has 5 heteroatoms. The summed E-state index contributed by atoms with van der Waals surface area (Å²) >= 11 is 0. The lowest BCUT2D eigenvalue weighted by Crippen LogP contribution is -2.49. The number of carbonyl (C=O) groups excluding carboxylic acids is 1. The van der Waals surface area contributed by atoms with Crippen molar-refractivity contribution >= 4 is 18.3 Å². The molecule has 3 aliphatic rings. The predicted molar refractivity (Wildman–Crippen MR) is 76.2 cm³/mol. The number of fused-ring (bicyclic) bond motifs is 2. The third-order valence-corrected chi connectivity index (χ3v) is 5.15. The van der Waals surface area contributed by atoms with E-state index in [1.807, 2.05) is 7.11 Å². The number of hydrogen-bond donors (Lipinski definition) is 1. The first-order valence-corrected chi connectivity index (χ1v) is 7.26. The topological polar surface area (TPSA) is 55.6 Å². The van der Waals surface area contributed by atoms with E-state index in [0.717, 1.165) is 32.4 Å². The molecule has 4 nitrogen and oxygen atoms in total. The molecule has 2 aliphatic carbocycles. The van der Waals surface area contributed by atoms with E-state index in [1.165, 1.54) is 12.8 Å². The van der Waals surface area contributed by atoms with Crippen molar-refractivity contribution in [2.75, 3.05) is 20.2 Å². The molecule has 3 rings (SSSR count). The van der Waals surface area contributed by atoms with Gasteiger partial charge in [0.2, 0.25) is 5.91 Å². The van der Waals surface area contributed by atoms with Gasteiger partial charge in [0, 0.05) is 44.0 Å². The number of halogens is 1. The second-order valence-electron chi connectivity index (χ2n) is 6.31. The minimum absolute atomic E-state index is 0. The molecule has 1 heterocycles. The van der Waals surface area contributed by atoms with Gasteiger partial charge in [0.1, 0.15) is 0 Å². The van der Waals surface area contributed by atoms with E-state index < -0.39 is 0 Å². The summed E-state index contributed by atoms with van der Waals surface area (Å²) < 4.78 is 5.59. The minimum atomic E-state index is 0. The molecule has 0 spiro atoms. The van der Waals surface area contributed by atoms with E-state index in [9.17, 15) is 4.79 Å². The molecule has 0 aromatic carbocycles. The molecule has 2 N–H and O–H groups in total. The zero-order chi connectivity index (χ0) is 12.7. The lowest BCUT2D eigenvalue weighted by Gasteiger charge is -2.38. The van der Waals surface area contributed by atoms with Crippen LogP contribution in [0.2, 0.25) is 0 Å². The van der Waals surface area contributed by atoms with Gasteiger partial charge in [0.05, 0.1) is 6.10 Å². The van der Waals surface area contributed by atoms with Crippen LogP contribution in [-0.4, -0.2) is 43.2 Å². The first kappa shape index (κ1) is 15.1. The summed E-state index contributed by atoms with van der Waals surface area (Å²) in [6, 6.07) is 0.243. The summed E-state index contributed by atoms with van der Waals surface area (Å²) in [7, 11) is 1.81. The lowest BCUT2D eigenvalue weighted by molar-refractivity contribution is -0.140. The number of piperidine rings is 1. The van der Waals surface area contributed by atoms with E-state index in [1.54, 1.807) is 0 Å². The van der Waals surface area contributed by atoms with Crippen LogP contribution >= 0.6 is 12.4 Å². The molecule has 19 heavy (non-hydrogen) atoms. The maximum Gasteiger partial charge on any atom is 0.225 e. The summed E-state index contributed by atoms with van der Waals surface area (Å²) in [5, 5.41) is 0. The van der Waals surface area contributed by atoms with E-state index in [2.05, 4.69) is 4.90 Å². The number of methoxy groups -OCH3 is 1. The highest BCUT2D eigenvalue weighted by Crippen LogP contribution is 2.39. The Morgan fingerprint density at radius 1 is 1.16 bits per heavy atom. The van der Waals surface area contributed by atoms with Crippen molar-refractivity contribution in [1.29, 1.82) is 0 Å². The first-order valence-electron chi connectivity index (χ1n) is 7.26. The van der Waals surface area contributed by atoms with Gasteiger partial charge < -0.3 is 15.4 Å². The van der Waals surface area contributed by atoms with Gasteiger partial charge in [0.15, 0.2) is 0 Å². The molecule has 1 amide bonds. The van der Waals surface area contributed by atoms with Crippen molar-refractivity contribution in [3.8, 4) is 0 Å². The van der Waals surface area contributed by atoms with Crippen molar-refractivity contribution in [2.45, 2.75) is 44.2 Å². The van der Waals surface area contributed by atoms with Crippen LogP contribution in [0.5, 0.6) is 0 Å². The molecule has 2 bridgehead atoms. The number of carbonyl (C=O) groups is 1. The van der Waals surface area contributed by atoms with E-state index in [4.69, 9.17) is 10.5 Å². The normalized spacial score (nSPS) is 41.2. The number of rotatable bonds is 2. The summed E-state index contributed by atoms with van der Waals surface area (Å²) in [5.74, 6) is 1.67. The molecule has 5 atom stereocenters. The summed E-state index contributed by atoms with van der Waals surface area (Å²) in [6.45, 7) is 1.80. The van der Waals surface area contributed by atoms with Crippen LogP contribution in [0.1, 0.15) is 32.1 Å². The predicted octanol–water partition coefficient (Wildman–Crippen LogP) is 1.42. The Bertz CT molecular complexity index is 325. The van der Waals surface area contributed by atoms with Crippen LogP contribution in [0, 0.1) is 17.8 Å². The highest BCUT2D eigenvalue weighted by Gasteiger charge is 2.44. The molecule has 0 aromatic heterocycles. The second-order valence-corrected chi connectivity index (χ2v) is 6.31. The van der Waals surface area contributed by atoms with Gasteiger partial charge in [-0.2, -0.15) is 0 Å². The number of nitrogens with zero attached hydrogens (tertiary/aromatic N) is 1. The van der Waals surface area contributed by atoms with Crippen LogP contribution in [0.15, 0.2) is 0 Å². The number of likely N-dealkylation sites (tertiary alicyclic amines) is 1. The average molecular weight is 289 g/mol. The Morgan fingerprint density at radius 3 is 2.26 bits per heavy atom. The second kappa shape index (κ2) is 5.98. The average Bonchev–Trinajstić information content (AvgIpc) is 2.89. The fourth-order valence-corrected chi connectivity index (χ4v) is 4.24. The van der Waals surface area contributed by atoms with E-state index in [0.29, 0.717) is 23.8 Å². The maximum absolute atomic E-state index is 12.5. The molecular formula is C14H25ClN2O2. The van der Waals surface area contributed by atoms with Crippen molar-refractivity contribution in [3.05, 3.63) is 0 Å². The fraction of sp³-hybridized carbons (Fsp3) is 0.929. The molecule has 0 radical (unpaired) electrons. The van der Waals surface area contributed by atoms with E-state index in [-0.39, 0.29) is 24.4 Å². The van der Waals surface area contributed by atoms with Gasteiger partial charge in [-0.05, 0) is 32.1 Å². The largest absolute Gasteiger partial charge is 0.381 e. The van der Waals surface area contributed by atoms with Crippen LogP contribution in [0.4, 0.5) is 0 Å². The highest BCUT2D eigenvalue weighted by atomic mass is 35.5. The Balaban J connectivity index is 0.00000133. The number of amides is 1. The van der Waals surface area contributed by atoms with E-state index >= 15 is 0 Å². The zero-order valence-electron chi connectivity index (χ0n) is 11.6. The summed E-state index contributed by atoms with van der Waals surface area (Å²) in [4.78, 5) is 14.6. The van der Waals surface area contributed by atoms with Gasteiger partial charge in [-0.1, -0.05) is 0 Å². The van der Waals surface area contributed by atoms with Crippen molar-refractivity contribution < 1.29 is 9.53 Å². The third-order valence-electron chi connectivity index (χ3n) is 5.15. The van der Waals surface area contributed by atoms with Gasteiger partial charge >= 0.3 is 0 Å². The maximum atomic E-state index is 12.5. The standard InChI is InChI=1S/C14H24N2O2.ClH/c1-18-13-10-2-3-11(13)8-16(7-10)14(17)9-4-5-12(15)6-9;/h9-13H,2-8,15H2,1H3;1H/t9-,10-,11+,12+,13?;/m0./s1. The van der Waals surface area contributed by atoms with Crippen LogP contribution in [0.25, 0.3) is 0 Å². The fourth-order valence-electron chi connectivity index (χ4n) is 4.24. The molecule has 1 unspecified atom stereocenters. The Hall–Kier alpha value is -0.320. The smallest absolute Gasteiger partial charge is 0.225 e. The highest BCUT2D eigenvalue weighted by molar-refractivity contribution is 5.85. The molecule has 0 aromatic rings. The van der Waals surface area contributed by atoms with Crippen molar-refractivity contribution in [2.24, 2.45) is 23.5 Å². The van der Waals surface area contributed by atoms with Crippen molar-refractivity contribution in [3.63, 3.8) is 0 Å². The molecule has 1 aliphatic heterocycles. The summed E-state index contributed by atoms with van der Waals surface area (Å²) in [6.07, 6.45) is 5.71. The molecule has 2 saturated carbocycles. The first-order chi connectivity index (χ1) is 8.69. The number of ether oxygens (including phenoxy) is 1.